The molecular formula is C20H26N4O2S. The Morgan fingerprint density at radius 2 is 1.81 bits per heavy atom. The summed E-state index contributed by atoms with van der Waals surface area (Å²) in [5.74, 6) is 1.43. The van der Waals surface area contributed by atoms with E-state index in [0.29, 0.717) is 11.5 Å². The predicted molar refractivity (Wildman–Crippen MR) is 105 cm³/mol. The van der Waals surface area contributed by atoms with Crippen molar-refractivity contribution in [2.45, 2.75) is 31.5 Å². The minimum atomic E-state index is -2.94. The number of piperazine rings is 1. The van der Waals surface area contributed by atoms with Crippen molar-refractivity contribution in [1.82, 2.24) is 19.6 Å². The molecule has 0 spiro atoms. The zero-order valence-electron chi connectivity index (χ0n) is 15.4. The van der Waals surface area contributed by atoms with Gasteiger partial charge in [0.15, 0.2) is 9.84 Å². The Kier molecular flexibility index (Phi) is 4.33. The number of hydrogen-bond donors (Lipinski definition) is 0. The Morgan fingerprint density at radius 3 is 2.56 bits per heavy atom. The van der Waals surface area contributed by atoms with Gasteiger partial charge < -0.3 is 0 Å². The summed E-state index contributed by atoms with van der Waals surface area (Å²) in [6.45, 7) is 3.80. The molecule has 6 nitrogen and oxygen atoms in total. The van der Waals surface area contributed by atoms with Gasteiger partial charge in [-0.15, -0.1) is 0 Å². The van der Waals surface area contributed by atoms with Crippen LogP contribution in [0, 0.1) is 5.92 Å². The number of nitrogens with zero attached hydrogens (tertiary/aromatic N) is 4. The molecule has 1 saturated carbocycles. The van der Waals surface area contributed by atoms with E-state index < -0.39 is 9.84 Å². The smallest absolute Gasteiger partial charge is 0.153 e. The molecule has 2 aliphatic heterocycles. The average molecular weight is 387 g/mol. The van der Waals surface area contributed by atoms with E-state index >= 15 is 0 Å². The highest BCUT2D eigenvalue weighted by molar-refractivity contribution is 7.91. The number of hydrogen-bond acceptors (Lipinski definition) is 5. The highest BCUT2D eigenvalue weighted by atomic mass is 32.2. The maximum atomic E-state index is 12.4. The van der Waals surface area contributed by atoms with E-state index in [4.69, 9.17) is 0 Å². The summed E-state index contributed by atoms with van der Waals surface area (Å²) in [6.07, 6.45) is 6.34. The van der Waals surface area contributed by atoms with Gasteiger partial charge in [0.25, 0.3) is 0 Å². The van der Waals surface area contributed by atoms with Crippen LogP contribution in [0.1, 0.15) is 18.4 Å². The molecule has 3 heterocycles. The van der Waals surface area contributed by atoms with E-state index in [1.807, 2.05) is 23.0 Å². The van der Waals surface area contributed by atoms with Gasteiger partial charge in [-0.1, -0.05) is 12.1 Å². The highest BCUT2D eigenvalue weighted by Crippen LogP contribution is 2.34. The lowest BCUT2D eigenvalue weighted by Crippen LogP contribution is -2.59. The van der Waals surface area contributed by atoms with Gasteiger partial charge in [-0.25, -0.2) is 13.1 Å². The lowest BCUT2D eigenvalue weighted by Gasteiger charge is -2.44. The molecule has 3 fully saturated rings. The Labute approximate surface area is 160 Å². The minimum absolute atomic E-state index is 0.121. The first-order valence-electron chi connectivity index (χ1n) is 9.85. The maximum Gasteiger partial charge on any atom is 0.153 e. The number of benzene rings is 1. The summed E-state index contributed by atoms with van der Waals surface area (Å²) in [7, 11) is -2.94. The Balaban J connectivity index is 1.35. The third-order valence-corrected chi connectivity index (χ3v) is 7.86. The van der Waals surface area contributed by atoms with E-state index in [2.05, 4.69) is 33.1 Å². The first kappa shape index (κ1) is 17.4. The first-order valence-corrected chi connectivity index (χ1v) is 11.7. The zero-order valence-corrected chi connectivity index (χ0v) is 16.3. The molecule has 2 unspecified atom stereocenters. The minimum Gasteiger partial charge on any atom is -0.296 e. The third-order valence-electron chi connectivity index (χ3n) is 6.16. The Bertz CT molecular complexity index is 908. The summed E-state index contributed by atoms with van der Waals surface area (Å²) >= 11 is 0. The largest absolute Gasteiger partial charge is 0.296 e. The SMILES string of the molecule is O=S1(=O)CC2C(C1)N(CC1CC1)CCN2Cc1cccc(-n2cccn2)c1. The molecule has 5 rings (SSSR count). The van der Waals surface area contributed by atoms with E-state index in [-0.39, 0.29) is 12.1 Å². The molecule has 1 aromatic heterocycles. The Hall–Kier alpha value is -1.70. The van der Waals surface area contributed by atoms with Gasteiger partial charge in [0.05, 0.1) is 17.2 Å². The topological polar surface area (TPSA) is 58.4 Å². The van der Waals surface area contributed by atoms with E-state index in [1.165, 1.54) is 18.4 Å². The Morgan fingerprint density at radius 1 is 1.04 bits per heavy atom. The van der Waals surface area contributed by atoms with Crippen molar-refractivity contribution in [2.24, 2.45) is 5.92 Å². The quantitative estimate of drug-likeness (QED) is 0.781. The molecule has 1 aromatic carbocycles. The van der Waals surface area contributed by atoms with Gasteiger partial charge in [-0.3, -0.25) is 9.80 Å². The normalized spacial score (nSPS) is 28.3. The molecule has 0 radical (unpaired) electrons. The number of rotatable bonds is 5. The van der Waals surface area contributed by atoms with Crippen LogP contribution in [0.5, 0.6) is 0 Å². The molecule has 0 N–H and O–H groups in total. The molecule has 1 aliphatic carbocycles. The lowest BCUT2D eigenvalue weighted by molar-refractivity contribution is 0.0376. The highest BCUT2D eigenvalue weighted by Gasteiger charge is 2.47. The maximum absolute atomic E-state index is 12.4. The van der Waals surface area contributed by atoms with Crippen LogP contribution in [-0.4, -0.2) is 71.2 Å². The molecule has 2 saturated heterocycles. The van der Waals surface area contributed by atoms with Gasteiger partial charge in [0, 0.05) is 50.7 Å². The first-order chi connectivity index (χ1) is 13.1. The van der Waals surface area contributed by atoms with Crippen LogP contribution in [0.2, 0.25) is 0 Å². The van der Waals surface area contributed by atoms with E-state index in [1.54, 1.807) is 6.20 Å². The molecule has 3 aliphatic rings. The van der Waals surface area contributed by atoms with Crippen LogP contribution in [0.4, 0.5) is 0 Å². The molecule has 27 heavy (non-hydrogen) atoms. The number of aromatic nitrogens is 2. The van der Waals surface area contributed by atoms with E-state index in [0.717, 1.165) is 37.8 Å². The summed E-state index contributed by atoms with van der Waals surface area (Å²) < 4.78 is 26.6. The fraction of sp³-hybridized carbons (Fsp3) is 0.550. The molecular weight excluding hydrogens is 360 g/mol. The van der Waals surface area contributed by atoms with Crippen molar-refractivity contribution in [1.29, 1.82) is 0 Å². The van der Waals surface area contributed by atoms with Crippen molar-refractivity contribution in [3.05, 3.63) is 48.3 Å². The van der Waals surface area contributed by atoms with Crippen LogP contribution in [0.3, 0.4) is 0 Å². The molecule has 2 atom stereocenters. The summed E-state index contributed by atoms with van der Waals surface area (Å²) in [6, 6.07) is 10.6. The van der Waals surface area contributed by atoms with Crippen molar-refractivity contribution < 1.29 is 8.42 Å². The van der Waals surface area contributed by atoms with Gasteiger partial charge in [-0.2, -0.15) is 5.10 Å². The van der Waals surface area contributed by atoms with Crippen molar-refractivity contribution in [2.75, 3.05) is 31.1 Å². The number of sulfone groups is 1. The summed E-state index contributed by atoms with van der Waals surface area (Å²) in [4.78, 5) is 4.85. The number of fused-ring (bicyclic) bond motifs is 1. The van der Waals surface area contributed by atoms with Gasteiger partial charge in [0.2, 0.25) is 0 Å². The third kappa shape index (κ3) is 3.68. The second-order valence-electron chi connectivity index (χ2n) is 8.24. The predicted octanol–water partition coefficient (Wildman–Crippen LogP) is 1.57. The van der Waals surface area contributed by atoms with Crippen molar-refractivity contribution in [3.63, 3.8) is 0 Å². The second-order valence-corrected chi connectivity index (χ2v) is 10.4. The molecule has 0 bridgehead atoms. The van der Waals surface area contributed by atoms with E-state index in [9.17, 15) is 8.42 Å². The molecule has 0 amide bonds. The van der Waals surface area contributed by atoms with Gasteiger partial charge >= 0.3 is 0 Å². The lowest BCUT2D eigenvalue weighted by atomic mass is 10.0. The van der Waals surface area contributed by atoms with Gasteiger partial charge in [-0.05, 0) is 42.5 Å². The molecule has 144 valence electrons. The molecule has 2 aromatic rings. The van der Waals surface area contributed by atoms with Crippen molar-refractivity contribution in [3.8, 4) is 5.69 Å². The zero-order chi connectivity index (χ0) is 18.4. The van der Waals surface area contributed by atoms with Crippen molar-refractivity contribution >= 4 is 9.84 Å². The monoisotopic (exact) mass is 386 g/mol. The molecule has 7 heteroatoms. The summed E-state index contributed by atoms with van der Waals surface area (Å²) in [5, 5.41) is 4.31. The van der Waals surface area contributed by atoms with Crippen LogP contribution in [0.15, 0.2) is 42.7 Å². The summed E-state index contributed by atoms with van der Waals surface area (Å²) in [5.41, 5.74) is 2.25. The van der Waals surface area contributed by atoms with Crippen LogP contribution < -0.4 is 0 Å². The van der Waals surface area contributed by atoms with Crippen LogP contribution >= 0.6 is 0 Å². The average Bonchev–Trinajstić information content (AvgIpc) is 3.16. The fourth-order valence-electron chi connectivity index (χ4n) is 4.61. The second kappa shape index (κ2) is 6.72. The fourth-order valence-corrected chi connectivity index (χ4v) is 6.65. The van der Waals surface area contributed by atoms with Crippen LogP contribution in [-0.2, 0) is 16.4 Å². The van der Waals surface area contributed by atoms with Crippen LogP contribution in [0.25, 0.3) is 5.69 Å². The standard InChI is InChI=1S/C20H26N4O2S/c25-27(26)14-19-20(15-27)23(10-9-22(19)12-16-5-6-16)13-17-3-1-4-18(11-17)24-8-2-7-21-24/h1-4,7-8,11,16,19-20H,5-6,9-10,12-15H2. The van der Waals surface area contributed by atoms with Gasteiger partial charge in [0.1, 0.15) is 0 Å².